The van der Waals surface area contributed by atoms with Gasteiger partial charge in [-0.05, 0) is 23.8 Å². The van der Waals surface area contributed by atoms with Crippen molar-refractivity contribution < 1.29 is 8.83 Å². The molecule has 6 heteroatoms. The van der Waals surface area contributed by atoms with E-state index in [-0.39, 0.29) is 0 Å². The molecule has 3 rings (SSSR count). The molecule has 0 aliphatic carbocycles. The van der Waals surface area contributed by atoms with Gasteiger partial charge in [0.15, 0.2) is 0 Å². The Morgan fingerprint density at radius 1 is 1.10 bits per heavy atom. The van der Waals surface area contributed by atoms with Crippen LogP contribution < -0.4 is 0 Å². The molecule has 0 aliphatic rings. The molecule has 0 bridgehead atoms. The molecule has 0 atom stereocenters. The lowest BCUT2D eigenvalue weighted by Gasteiger charge is -2.19. The summed E-state index contributed by atoms with van der Waals surface area (Å²) in [6, 6.07) is 7.81. The number of rotatable bonds is 6. The minimum absolute atomic E-state index is 0.566. The highest BCUT2D eigenvalue weighted by Crippen LogP contribution is 2.13. The zero-order chi connectivity index (χ0) is 14.5. The summed E-state index contributed by atoms with van der Waals surface area (Å²) >= 11 is 0. The highest BCUT2D eigenvalue weighted by Gasteiger charge is 2.13. The van der Waals surface area contributed by atoms with E-state index in [2.05, 4.69) is 20.1 Å². The molecule has 3 aromatic rings. The average molecular weight is 284 g/mol. The van der Waals surface area contributed by atoms with Gasteiger partial charge in [-0.2, -0.15) is 0 Å². The maximum absolute atomic E-state index is 5.46. The van der Waals surface area contributed by atoms with Crippen molar-refractivity contribution in [2.24, 2.45) is 0 Å². The largest absolute Gasteiger partial charge is 0.468 e. The van der Waals surface area contributed by atoms with E-state index in [1.807, 2.05) is 30.5 Å². The molecule has 0 spiro atoms. The normalized spacial score (nSPS) is 11.1. The highest BCUT2D eigenvalue weighted by atomic mass is 16.4. The van der Waals surface area contributed by atoms with Gasteiger partial charge >= 0.3 is 0 Å². The molecule has 108 valence electrons. The molecule has 6 nitrogen and oxygen atoms in total. The van der Waals surface area contributed by atoms with Gasteiger partial charge in [0.05, 0.1) is 19.4 Å². The summed E-state index contributed by atoms with van der Waals surface area (Å²) in [5, 5.41) is 7.92. The van der Waals surface area contributed by atoms with Crippen molar-refractivity contribution in [3.05, 3.63) is 66.0 Å². The third kappa shape index (κ3) is 3.76. The smallest absolute Gasteiger partial charge is 0.230 e. The van der Waals surface area contributed by atoms with Crippen LogP contribution in [0.3, 0.4) is 0 Å². The van der Waals surface area contributed by atoms with Gasteiger partial charge in [0, 0.05) is 25.9 Å². The summed E-state index contributed by atoms with van der Waals surface area (Å²) in [5.74, 6) is 2.07. The van der Waals surface area contributed by atoms with E-state index in [9.17, 15) is 0 Å². The Labute approximate surface area is 122 Å². The Bertz CT molecular complexity index is 664. The second-order valence-electron chi connectivity index (χ2n) is 4.80. The molecule has 0 unspecified atom stereocenters. The first kappa shape index (κ1) is 13.5. The zero-order valence-electron chi connectivity index (χ0n) is 11.8. The summed E-state index contributed by atoms with van der Waals surface area (Å²) in [5.41, 5.74) is 1.13. The summed E-state index contributed by atoms with van der Waals surface area (Å²) in [7, 11) is 0. The predicted molar refractivity (Wildman–Crippen MR) is 74.9 cm³/mol. The Kier molecular flexibility index (Phi) is 4.07. The molecule has 0 aliphatic heterocycles. The molecule has 0 saturated carbocycles. The minimum atomic E-state index is 0.566. The Morgan fingerprint density at radius 3 is 2.71 bits per heavy atom. The van der Waals surface area contributed by atoms with Crippen LogP contribution in [-0.2, 0) is 19.6 Å². The molecule has 3 heterocycles. The van der Waals surface area contributed by atoms with Crippen LogP contribution in [0.1, 0.15) is 23.1 Å². The van der Waals surface area contributed by atoms with E-state index in [4.69, 9.17) is 8.83 Å². The second kappa shape index (κ2) is 6.32. The van der Waals surface area contributed by atoms with Gasteiger partial charge in [-0.3, -0.25) is 9.88 Å². The van der Waals surface area contributed by atoms with Gasteiger partial charge in [-0.25, -0.2) is 0 Å². The van der Waals surface area contributed by atoms with Crippen LogP contribution in [0.5, 0.6) is 0 Å². The molecular weight excluding hydrogens is 268 g/mol. The first-order valence-corrected chi connectivity index (χ1v) is 6.72. The summed E-state index contributed by atoms with van der Waals surface area (Å²) in [6.07, 6.45) is 5.30. The lowest BCUT2D eigenvalue weighted by molar-refractivity contribution is 0.204. The number of nitrogens with zero attached hydrogens (tertiary/aromatic N) is 4. The first-order valence-electron chi connectivity index (χ1n) is 6.72. The van der Waals surface area contributed by atoms with Crippen LogP contribution in [0.25, 0.3) is 0 Å². The lowest BCUT2D eigenvalue weighted by Crippen LogP contribution is -2.22. The second-order valence-corrected chi connectivity index (χ2v) is 4.80. The van der Waals surface area contributed by atoms with Crippen LogP contribution in [0, 0.1) is 6.92 Å². The van der Waals surface area contributed by atoms with Crippen LogP contribution >= 0.6 is 0 Å². The fourth-order valence-corrected chi connectivity index (χ4v) is 2.13. The fourth-order valence-electron chi connectivity index (χ4n) is 2.13. The number of hydrogen-bond donors (Lipinski definition) is 0. The lowest BCUT2D eigenvalue weighted by atomic mass is 10.2. The summed E-state index contributed by atoms with van der Waals surface area (Å²) in [6.45, 7) is 3.75. The standard InChI is InChI=1S/C15H16N4O2/c1-12-17-18-15(21-12)11-19(10-14-5-3-7-20-14)9-13-4-2-6-16-8-13/h2-8H,9-11H2,1H3. The van der Waals surface area contributed by atoms with E-state index in [1.165, 1.54) is 0 Å². The summed E-state index contributed by atoms with van der Waals surface area (Å²) < 4.78 is 10.9. The molecular formula is C15H16N4O2. The van der Waals surface area contributed by atoms with Crippen molar-refractivity contribution in [3.8, 4) is 0 Å². The SMILES string of the molecule is Cc1nnc(CN(Cc2cccnc2)Cc2ccco2)o1. The van der Waals surface area contributed by atoms with Gasteiger partial charge in [-0.15, -0.1) is 10.2 Å². The third-order valence-electron chi connectivity index (χ3n) is 3.02. The number of furan rings is 1. The Morgan fingerprint density at radius 2 is 2.05 bits per heavy atom. The van der Waals surface area contributed by atoms with Gasteiger partial charge in [0.25, 0.3) is 0 Å². The molecule has 0 amide bonds. The average Bonchev–Trinajstić information content (AvgIpc) is 3.12. The van der Waals surface area contributed by atoms with Crippen molar-refractivity contribution >= 4 is 0 Å². The van der Waals surface area contributed by atoms with Gasteiger partial charge in [0.1, 0.15) is 5.76 Å². The quantitative estimate of drug-likeness (QED) is 0.693. The number of aryl methyl sites for hydroxylation is 1. The topological polar surface area (TPSA) is 68.2 Å². The van der Waals surface area contributed by atoms with E-state index in [1.54, 1.807) is 19.4 Å². The van der Waals surface area contributed by atoms with Crippen LogP contribution in [-0.4, -0.2) is 20.1 Å². The highest BCUT2D eigenvalue weighted by molar-refractivity contribution is 5.09. The van der Waals surface area contributed by atoms with Crippen molar-refractivity contribution in [2.45, 2.75) is 26.6 Å². The third-order valence-corrected chi connectivity index (χ3v) is 3.02. The maximum atomic E-state index is 5.46. The van der Waals surface area contributed by atoms with E-state index >= 15 is 0 Å². The van der Waals surface area contributed by atoms with Crippen LogP contribution in [0.15, 0.2) is 51.8 Å². The van der Waals surface area contributed by atoms with Crippen LogP contribution in [0.2, 0.25) is 0 Å². The number of pyridine rings is 1. The monoisotopic (exact) mass is 284 g/mol. The minimum Gasteiger partial charge on any atom is -0.468 e. The molecule has 0 aromatic carbocycles. The van der Waals surface area contributed by atoms with Crippen LogP contribution in [0.4, 0.5) is 0 Å². The summed E-state index contributed by atoms with van der Waals surface area (Å²) in [4.78, 5) is 6.31. The van der Waals surface area contributed by atoms with Gasteiger partial charge < -0.3 is 8.83 Å². The first-order chi connectivity index (χ1) is 10.3. The molecule has 0 saturated heterocycles. The zero-order valence-corrected chi connectivity index (χ0v) is 11.8. The maximum Gasteiger partial charge on any atom is 0.230 e. The Balaban J connectivity index is 1.73. The van der Waals surface area contributed by atoms with Crippen molar-refractivity contribution in [1.29, 1.82) is 0 Å². The van der Waals surface area contributed by atoms with E-state index in [0.29, 0.717) is 24.9 Å². The molecule has 3 aromatic heterocycles. The molecule has 21 heavy (non-hydrogen) atoms. The van der Waals surface area contributed by atoms with Gasteiger partial charge in [0.2, 0.25) is 11.8 Å². The Hall–Kier alpha value is -2.47. The molecule has 0 radical (unpaired) electrons. The van der Waals surface area contributed by atoms with Gasteiger partial charge in [-0.1, -0.05) is 6.07 Å². The number of hydrogen-bond acceptors (Lipinski definition) is 6. The van der Waals surface area contributed by atoms with E-state index < -0.39 is 0 Å². The molecule has 0 fully saturated rings. The van der Waals surface area contributed by atoms with Crippen molar-refractivity contribution in [3.63, 3.8) is 0 Å². The fraction of sp³-hybridized carbons (Fsp3) is 0.267. The predicted octanol–water partition coefficient (Wildman–Crippen LogP) is 2.57. The van der Waals surface area contributed by atoms with Crippen molar-refractivity contribution in [1.82, 2.24) is 20.1 Å². The van der Waals surface area contributed by atoms with Crippen molar-refractivity contribution in [2.75, 3.05) is 0 Å². The molecule has 0 N–H and O–H groups in total. The number of aromatic nitrogens is 3. The van der Waals surface area contributed by atoms with E-state index in [0.717, 1.165) is 17.9 Å².